The summed E-state index contributed by atoms with van der Waals surface area (Å²) in [5.41, 5.74) is 0. The summed E-state index contributed by atoms with van der Waals surface area (Å²) in [6.07, 6.45) is 1.68. The van der Waals surface area contributed by atoms with Gasteiger partial charge >= 0.3 is 12.0 Å². The molecule has 1 aromatic heterocycles. The monoisotopic (exact) mass is 243 g/mol. The molecule has 0 aliphatic heterocycles. The number of aliphatic carboxylic acids is 1. The Bertz CT molecular complexity index is 391. The van der Waals surface area contributed by atoms with E-state index in [9.17, 15) is 9.59 Å². The second kappa shape index (κ2) is 5.45. The molecule has 0 aliphatic carbocycles. The molecular formula is C9H13N3O3S. The number of carbonyl (C=O) groups is 2. The van der Waals surface area contributed by atoms with Gasteiger partial charge < -0.3 is 15.7 Å². The van der Waals surface area contributed by atoms with E-state index in [4.69, 9.17) is 5.11 Å². The molecule has 2 amide bonds. The fraction of sp³-hybridized carbons (Fsp3) is 0.444. The van der Waals surface area contributed by atoms with Crippen LogP contribution in [0.15, 0.2) is 6.20 Å². The van der Waals surface area contributed by atoms with Crippen LogP contribution in [0.25, 0.3) is 0 Å². The quantitative estimate of drug-likeness (QED) is 0.726. The van der Waals surface area contributed by atoms with Crippen molar-refractivity contribution in [2.45, 2.75) is 26.4 Å². The summed E-state index contributed by atoms with van der Waals surface area (Å²) in [7, 11) is 0. The Morgan fingerprint density at radius 1 is 1.62 bits per heavy atom. The number of nitrogens with one attached hydrogen (secondary N) is 2. The number of rotatable bonds is 4. The van der Waals surface area contributed by atoms with E-state index in [1.807, 2.05) is 6.92 Å². The lowest BCUT2D eigenvalue weighted by molar-refractivity contribution is -0.138. The smallest absolute Gasteiger partial charge is 0.325 e. The van der Waals surface area contributed by atoms with Crippen LogP contribution in [-0.4, -0.2) is 28.1 Å². The molecular weight excluding hydrogens is 230 g/mol. The third-order valence-electron chi connectivity index (χ3n) is 1.81. The number of nitrogens with zero attached hydrogens (tertiary/aromatic N) is 1. The Balaban J connectivity index is 2.33. The van der Waals surface area contributed by atoms with Crippen molar-refractivity contribution in [3.8, 4) is 0 Å². The SMILES string of the molecule is Cc1ncc(CNC(=O)N[C@@H](C)C(=O)O)s1. The van der Waals surface area contributed by atoms with Crippen LogP contribution in [0.5, 0.6) is 0 Å². The van der Waals surface area contributed by atoms with Crippen molar-refractivity contribution in [2.24, 2.45) is 0 Å². The van der Waals surface area contributed by atoms with E-state index in [0.29, 0.717) is 6.54 Å². The predicted octanol–water partition coefficient (Wildman–Crippen LogP) is 0.724. The molecule has 6 nitrogen and oxygen atoms in total. The Labute approximate surface area is 96.7 Å². The second-order valence-electron chi connectivity index (χ2n) is 3.23. The van der Waals surface area contributed by atoms with Gasteiger partial charge in [0.2, 0.25) is 0 Å². The summed E-state index contributed by atoms with van der Waals surface area (Å²) in [5, 5.41) is 14.3. The van der Waals surface area contributed by atoms with E-state index in [2.05, 4.69) is 15.6 Å². The number of thiazole rings is 1. The maximum absolute atomic E-state index is 11.2. The van der Waals surface area contributed by atoms with Gasteiger partial charge in [0.05, 0.1) is 11.6 Å². The first kappa shape index (κ1) is 12.4. The first-order chi connectivity index (χ1) is 7.49. The van der Waals surface area contributed by atoms with E-state index in [0.717, 1.165) is 9.88 Å². The van der Waals surface area contributed by atoms with Crippen molar-refractivity contribution >= 4 is 23.3 Å². The highest BCUT2D eigenvalue weighted by Crippen LogP contribution is 2.10. The van der Waals surface area contributed by atoms with Crippen molar-refractivity contribution in [3.63, 3.8) is 0 Å². The number of hydrogen-bond acceptors (Lipinski definition) is 4. The van der Waals surface area contributed by atoms with E-state index in [-0.39, 0.29) is 0 Å². The van der Waals surface area contributed by atoms with Crippen molar-refractivity contribution in [1.82, 2.24) is 15.6 Å². The maximum atomic E-state index is 11.2. The van der Waals surface area contributed by atoms with Gasteiger partial charge in [-0.1, -0.05) is 0 Å². The average Bonchev–Trinajstić information content (AvgIpc) is 2.61. The van der Waals surface area contributed by atoms with Gasteiger partial charge in [0.25, 0.3) is 0 Å². The lowest BCUT2D eigenvalue weighted by Crippen LogP contribution is -2.43. The molecule has 0 aromatic carbocycles. The molecule has 1 heterocycles. The highest BCUT2D eigenvalue weighted by Gasteiger charge is 2.13. The van der Waals surface area contributed by atoms with Gasteiger partial charge in [-0.05, 0) is 13.8 Å². The number of carboxylic acid groups (broad SMARTS) is 1. The molecule has 0 bridgehead atoms. The molecule has 0 radical (unpaired) electrons. The number of hydrogen-bond donors (Lipinski definition) is 3. The van der Waals surface area contributed by atoms with E-state index >= 15 is 0 Å². The molecule has 7 heteroatoms. The summed E-state index contributed by atoms with van der Waals surface area (Å²) in [5.74, 6) is -1.07. The fourth-order valence-electron chi connectivity index (χ4n) is 0.964. The molecule has 1 atom stereocenters. The second-order valence-corrected chi connectivity index (χ2v) is 4.55. The number of carboxylic acids is 1. The van der Waals surface area contributed by atoms with Crippen LogP contribution in [0.3, 0.4) is 0 Å². The lowest BCUT2D eigenvalue weighted by atomic mass is 10.3. The molecule has 0 saturated carbocycles. The molecule has 0 saturated heterocycles. The Morgan fingerprint density at radius 2 is 2.31 bits per heavy atom. The Kier molecular flexibility index (Phi) is 4.24. The highest BCUT2D eigenvalue weighted by atomic mass is 32.1. The molecule has 88 valence electrons. The molecule has 3 N–H and O–H groups in total. The van der Waals surface area contributed by atoms with Gasteiger partial charge in [-0.25, -0.2) is 9.78 Å². The highest BCUT2D eigenvalue weighted by molar-refractivity contribution is 7.11. The summed E-state index contributed by atoms with van der Waals surface area (Å²) >= 11 is 1.48. The van der Waals surface area contributed by atoms with Crippen molar-refractivity contribution < 1.29 is 14.7 Å². The minimum Gasteiger partial charge on any atom is -0.480 e. The first-order valence-corrected chi connectivity index (χ1v) is 5.49. The zero-order valence-corrected chi connectivity index (χ0v) is 9.80. The largest absolute Gasteiger partial charge is 0.480 e. The molecule has 1 aromatic rings. The zero-order valence-electron chi connectivity index (χ0n) is 8.98. The van der Waals surface area contributed by atoms with E-state index < -0.39 is 18.0 Å². The molecule has 0 spiro atoms. The molecule has 0 fully saturated rings. The summed E-state index contributed by atoms with van der Waals surface area (Å²) in [6, 6.07) is -1.40. The van der Waals surface area contributed by atoms with E-state index in [1.165, 1.54) is 18.3 Å². The number of aromatic nitrogens is 1. The summed E-state index contributed by atoms with van der Waals surface area (Å²) in [4.78, 5) is 26.7. The minimum absolute atomic E-state index is 0.351. The summed E-state index contributed by atoms with van der Waals surface area (Å²) < 4.78 is 0. The molecule has 0 unspecified atom stereocenters. The van der Waals surface area contributed by atoms with Crippen LogP contribution in [0, 0.1) is 6.92 Å². The Hall–Kier alpha value is -1.63. The third-order valence-corrected chi connectivity index (χ3v) is 2.72. The Morgan fingerprint density at radius 3 is 2.81 bits per heavy atom. The van der Waals surface area contributed by atoms with Crippen molar-refractivity contribution in [1.29, 1.82) is 0 Å². The van der Waals surface area contributed by atoms with Gasteiger partial charge in [0.1, 0.15) is 6.04 Å². The number of amides is 2. The topological polar surface area (TPSA) is 91.3 Å². The fourth-order valence-corrected chi connectivity index (χ4v) is 1.70. The molecule has 16 heavy (non-hydrogen) atoms. The van der Waals surface area contributed by atoms with Gasteiger partial charge in [0, 0.05) is 11.1 Å². The summed E-state index contributed by atoms with van der Waals surface area (Å²) in [6.45, 7) is 3.63. The average molecular weight is 243 g/mol. The predicted molar refractivity (Wildman–Crippen MR) is 59.3 cm³/mol. The van der Waals surface area contributed by atoms with Gasteiger partial charge in [-0.15, -0.1) is 11.3 Å². The standard InChI is InChI=1S/C9H13N3O3S/c1-5(8(13)14)12-9(15)11-4-7-3-10-6(2)16-7/h3,5H,4H2,1-2H3,(H,13,14)(H2,11,12,15)/t5-/m0/s1. The van der Waals surface area contributed by atoms with Crippen LogP contribution in [0.2, 0.25) is 0 Å². The first-order valence-electron chi connectivity index (χ1n) is 4.67. The van der Waals surface area contributed by atoms with Gasteiger partial charge in [-0.3, -0.25) is 4.79 Å². The van der Waals surface area contributed by atoms with Gasteiger partial charge in [0.15, 0.2) is 0 Å². The number of carbonyl (C=O) groups excluding carboxylic acids is 1. The zero-order chi connectivity index (χ0) is 12.1. The van der Waals surface area contributed by atoms with Crippen molar-refractivity contribution in [3.05, 3.63) is 16.1 Å². The number of urea groups is 1. The van der Waals surface area contributed by atoms with Crippen LogP contribution in [0.4, 0.5) is 4.79 Å². The van der Waals surface area contributed by atoms with Crippen LogP contribution in [-0.2, 0) is 11.3 Å². The van der Waals surface area contributed by atoms with E-state index in [1.54, 1.807) is 6.20 Å². The van der Waals surface area contributed by atoms with Crippen molar-refractivity contribution in [2.75, 3.05) is 0 Å². The van der Waals surface area contributed by atoms with Crippen LogP contribution >= 0.6 is 11.3 Å². The maximum Gasteiger partial charge on any atom is 0.325 e. The van der Waals surface area contributed by atoms with Gasteiger partial charge in [-0.2, -0.15) is 0 Å². The normalized spacial score (nSPS) is 11.9. The minimum atomic E-state index is -1.07. The number of aryl methyl sites for hydroxylation is 1. The third kappa shape index (κ3) is 3.85. The van der Waals surface area contributed by atoms with Crippen LogP contribution < -0.4 is 10.6 Å². The lowest BCUT2D eigenvalue weighted by Gasteiger charge is -2.09. The molecule has 0 aliphatic rings. The molecule has 1 rings (SSSR count). The van der Waals surface area contributed by atoms with Crippen LogP contribution in [0.1, 0.15) is 16.8 Å².